The van der Waals surface area contributed by atoms with Crippen LogP contribution in [0.2, 0.25) is 0 Å². The number of carbonyl (C=O) groups is 1. The maximum atomic E-state index is 13.1. The number of hydrogen-bond donors (Lipinski definition) is 6. The molecule has 0 bridgehead atoms. The highest BCUT2D eigenvalue weighted by atomic mass is 16.7. The van der Waals surface area contributed by atoms with E-state index >= 15 is 0 Å². The fraction of sp³-hybridized carbons (Fsp3) is 0.904. The molecule has 1 aliphatic heterocycles. The summed E-state index contributed by atoms with van der Waals surface area (Å²) < 4.78 is 11.3. The van der Waals surface area contributed by atoms with E-state index in [0.717, 1.165) is 38.5 Å². The molecule has 0 aromatic rings. The Morgan fingerprint density at radius 3 is 1.02 bits per heavy atom. The number of rotatable bonds is 64. The molecule has 1 fully saturated rings. The van der Waals surface area contributed by atoms with Crippen molar-refractivity contribution in [3.63, 3.8) is 0 Å². The summed E-state index contributed by atoms with van der Waals surface area (Å²) in [5.74, 6) is -0.180. The summed E-state index contributed by atoms with van der Waals surface area (Å²) in [6.07, 6.45) is 77.0. The van der Waals surface area contributed by atoms with Crippen molar-refractivity contribution < 1.29 is 39.8 Å². The Balaban J connectivity index is 2.09. The predicted octanol–water partition coefficient (Wildman–Crippen LogP) is 19.8. The van der Waals surface area contributed by atoms with Crippen LogP contribution in [0.1, 0.15) is 367 Å². The number of aliphatic hydroxyl groups excluding tert-OH is 5. The average molecular weight is 1160 g/mol. The van der Waals surface area contributed by atoms with Crippen LogP contribution in [-0.4, -0.2) is 87.5 Å². The largest absolute Gasteiger partial charge is 0.394 e. The Hall–Kier alpha value is -1.59. The van der Waals surface area contributed by atoms with E-state index in [1.165, 1.54) is 308 Å². The van der Waals surface area contributed by atoms with E-state index in [1.807, 2.05) is 6.08 Å². The first-order chi connectivity index (χ1) is 40.3. The Bertz CT molecular complexity index is 1390. The van der Waals surface area contributed by atoms with Gasteiger partial charge in [0.15, 0.2) is 6.29 Å². The van der Waals surface area contributed by atoms with Gasteiger partial charge in [0, 0.05) is 6.42 Å². The van der Waals surface area contributed by atoms with Crippen LogP contribution in [0, 0.1) is 0 Å². The lowest BCUT2D eigenvalue weighted by Gasteiger charge is -2.40. The summed E-state index contributed by atoms with van der Waals surface area (Å²) in [6.45, 7) is 3.82. The normalized spacial score (nSPS) is 18.5. The molecule has 1 rings (SSSR count). The molecule has 484 valence electrons. The van der Waals surface area contributed by atoms with Gasteiger partial charge in [0.05, 0.1) is 25.4 Å². The molecule has 7 unspecified atom stereocenters. The first kappa shape index (κ1) is 78.4. The Labute approximate surface area is 508 Å². The number of nitrogens with one attached hydrogen (secondary N) is 1. The van der Waals surface area contributed by atoms with Crippen LogP contribution >= 0.6 is 0 Å². The second-order valence-corrected chi connectivity index (χ2v) is 25.4. The van der Waals surface area contributed by atoms with Gasteiger partial charge in [-0.2, -0.15) is 0 Å². The lowest BCUT2D eigenvalue weighted by molar-refractivity contribution is -0.302. The monoisotopic (exact) mass is 1160 g/mol. The van der Waals surface area contributed by atoms with Crippen molar-refractivity contribution in [3.8, 4) is 0 Å². The van der Waals surface area contributed by atoms with E-state index < -0.39 is 49.5 Å². The molecule has 6 N–H and O–H groups in total. The number of hydrogen-bond acceptors (Lipinski definition) is 8. The summed E-state index contributed by atoms with van der Waals surface area (Å²) in [5, 5.41) is 54.7. The van der Waals surface area contributed by atoms with Crippen molar-refractivity contribution in [2.75, 3.05) is 13.2 Å². The van der Waals surface area contributed by atoms with Gasteiger partial charge in [-0.3, -0.25) is 4.79 Å². The van der Waals surface area contributed by atoms with Crippen LogP contribution in [-0.2, 0) is 14.3 Å². The maximum absolute atomic E-state index is 13.1. The number of unbranched alkanes of at least 4 members (excludes halogenated alkanes) is 50. The van der Waals surface area contributed by atoms with Crippen molar-refractivity contribution in [3.05, 3.63) is 36.5 Å². The topological polar surface area (TPSA) is 149 Å². The van der Waals surface area contributed by atoms with Gasteiger partial charge in [0.1, 0.15) is 24.4 Å². The number of aliphatic hydroxyl groups is 5. The fourth-order valence-corrected chi connectivity index (χ4v) is 11.8. The molecule has 0 radical (unpaired) electrons. The van der Waals surface area contributed by atoms with Crippen LogP contribution in [0.15, 0.2) is 36.5 Å². The van der Waals surface area contributed by atoms with Gasteiger partial charge in [-0.25, -0.2) is 0 Å². The molecular formula is C73H139NO8. The first-order valence-corrected chi connectivity index (χ1v) is 36.2. The number of amides is 1. The summed E-state index contributed by atoms with van der Waals surface area (Å²) >= 11 is 0. The van der Waals surface area contributed by atoms with Gasteiger partial charge < -0.3 is 40.3 Å². The number of allylic oxidation sites excluding steroid dienone is 5. The second-order valence-electron chi connectivity index (χ2n) is 25.4. The minimum Gasteiger partial charge on any atom is -0.394 e. The van der Waals surface area contributed by atoms with Gasteiger partial charge in [-0.1, -0.05) is 339 Å². The molecule has 1 aliphatic rings. The van der Waals surface area contributed by atoms with Crippen molar-refractivity contribution >= 4 is 5.91 Å². The maximum Gasteiger partial charge on any atom is 0.220 e. The molecule has 1 amide bonds. The third-order valence-corrected chi connectivity index (χ3v) is 17.4. The SMILES string of the molecule is CCCCCCCCCCCCCCCCCC/C=C\CCCCCCCCCCCCCCCCCCCC(=O)NC(COC1OC(CO)C(O)C(O)C1O)C(O)/C=C/CC/C=C/CCCCCCCCCCCCCCCCCC. The van der Waals surface area contributed by atoms with E-state index in [2.05, 4.69) is 43.5 Å². The number of ether oxygens (including phenoxy) is 2. The molecule has 0 aromatic heterocycles. The summed E-state index contributed by atoms with van der Waals surface area (Å²) in [4.78, 5) is 13.1. The third kappa shape index (κ3) is 50.6. The standard InChI is InChI=1S/C73H139NO8/c1-3-5-7-9-11-13-15-17-19-21-23-25-27-28-29-30-31-32-33-34-35-36-37-38-39-40-41-43-45-47-49-51-53-55-57-59-61-63-69(77)74-66(65-81-73-72(80)71(79)70(78)68(64-75)82-73)67(76)62-60-58-56-54-52-50-48-46-44-42-26-24-22-20-18-16-14-12-10-8-6-4-2/h32-33,52,54,60,62,66-68,70-73,75-76,78-80H,3-31,34-51,53,55-59,61,63-65H2,1-2H3,(H,74,77)/b33-32-,54-52+,62-60+. The highest BCUT2D eigenvalue weighted by Crippen LogP contribution is 2.23. The van der Waals surface area contributed by atoms with E-state index in [4.69, 9.17) is 9.47 Å². The molecule has 0 saturated carbocycles. The second kappa shape index (κ2) is 62.5. The molecule has 9 heteroatoms. The molecule has 0 aromatic carbocycles. The molecule has 1 saturated heterocycles. The lowest BCUT2D eigenvalue weighted by atomic mass is 9.99. The van der Waals surface area contributed by atoms with Gasteiger partial charge in [0.25, 0.3) is 0 Å². The molecule has 7 atom stereocenters. The van der Waals surface area contributed by atoms with Gasteiger partial charge in [-0.15, -0.1) is 0 Å². The zero-order valence-corrected chi connectivity index (χ0v) is 54.3. The Morgan fingerprint density at radius 2 is 0.695 bits per heavy atom. The number of carbonyl (C=O) groups excluding carboxylic acids is 1. The van der Waals surface area contributed by atoms with E-state index in [0.29, 0.717) is 6.42 Å². The van der Waals surface area contributed by atoms with Gasteiger partial charge >= 0.3 is 0 Å². The smallest absolute Gasteiger partial charge is 0.220 e. The lowest BCUT2D eigenvalue weighted by Crippen LogP contribution is -2.60. The summed E-state index contributed by atoms with van der Waals surface area (Å²) in [7, 11) is 0. The minimum atomic E-state index is -1.57. The van der Waals surface area contributed by atoms with Crippen molar-refractivity contribution in [2.24, 2.45) is 0 Å². The molecule has 0 spiro atoms. The van der Waals surface area contributed by atoms with Crippen LogP contribution in [0.3, 0.4) is 0 Å². The summed E-state index contributed by atoms with van der Waals surface area (Å²) in [6, 6.07) is -0.822. The van der Waals surface area contributed by atoms with Crippen molar-refractivity contribution in [2.45, 2.75) is 410 Å². The summed E-state index contributed by atoms with van der Waals surface area (Å²) in [5.41, 5.74) is 0. The Kier molecular flexibility index (Phi) is 59.7. The molecule has 82 heavy (non-hydrogen) atoms. The predicted molar refractivity (Wildman–Crippen MR) is 350 cm³/mol. The average Bonchev–Trinajstić information content (AvgIpc) is 3.59. The van der Waals surface area contributed by atoms with Crippen LogP contribution in [0.5, 0.6) is 0 Å². The third-order valence-electron chi connectivity index (χ3n) is 17.4. The fourth-order valence-electron chi connectivity index (χ4n) is 11.8. The van der Waals surface area contributed by atoms with E-state index in [-0.39, 0.29) is 12.5 Å². The van der Waals surface area contributed by atoms with Gasteiger partial charge in [0.2, 0.25) is 5.91 Å². The van der Waals surface area contributed by atoms with Crippen LogP contribution in [0.4, 0.5) is 0 Å². The highest BCUT2D eigenvalue weighted by molar-refractivity contribution is 5.76. The highest BCUT2D eigenvalue weighted by Gasteiger charge is 2.44. The zero-order chi connectivity index (χ0) is 59.3. The minimum absolute atomic E-state index is 0.180. The van der Waals surface area contributed by atoms with Crippen molar-refractivity contribution in [1.29, 1.82) is 0 Å². The van der Waals surface area contributed by atoms with E-state index in [1.54, 1.807) is 6.08 Å². The quantitative estimate of drug-likeness (QED) is 0.0261. The molecular weight excluding hydrogens is 1020 g/mol. The van der Waals surface area contributed by atoms with Crippen molar-refractivity contribution in [1.82, 2.24) is 5.32 Å². The molecule has 0 aliphatic carbocycles. The van der Waals surface area contributed by atoms with Gasteiger partial charge in [-0.05, 0) is 57.8 Å². The first-order valence-electron chi connectivity index (χ1n) is 36.2. The van der Waals surface area contributed by atoms with Crippen LogP contribution in [0.25, 0.3) is 0 Å². The van der Waals surface area contributed by atoms with Crippen LogP contribution < -0.4 is 5.32 Å². The van der Waals surface area contributed by atoms with E-state index in [9.17, 15) is 30.3 Å². The molecule has 9 nitrogen and oxygen atoms in total. The molecule has 1 heterocycles. The Morgan fingerprint density at radius 1 is 0.402 bits per heavy atom. The zero-order valence-electron chi connectivity index (χ0n) is 54.3.